The van der Waals surface area contributed by atoms with Gasteiger partial charge in [0.05, 0.1) is 39.5 Å². The molecule has 2 saturated carbocycles. The summed E-state index contributed by atoms with van der Waals surface area (Å²) < 4.78 is 23.4. The summed E-state index contributed by atoms with van der Waals surface area (Å²) in [6.07, 6.45) is 5.08. The minimum absolute atomic E-state index is 0.215. The van der Waals surface area contributed by atoms with E-state index in [2.05, 4.69) is 40.5 Å². The van der Waals surface area contributed by atoms with Gasteiger partial charge in [0.2, 0.25) is 0 Å². The molecule has 0 radical (unpaired) electrons. The number of hydrogen-bond acceptors (Lipinski definition) is 6. The van der Waals surface area contributed by atoms with Crippen LogP contribution in [0.5, 0.6) is 0 Å². The number of rotatable bonds is 2. The van der Waals surface area contributed by atoms with Gasteiger partial charge >= 0.3 is 0 Å². The minimum Gasteiger partial charge on any atom is -0.346 e. The Balaban J connectivity index is 0.000000128. The van der Waals surface area contributed by atoms with Crippen molar-refractivity contribution in [1.82, 2.24) is 10.2 Å². The van der Waals surface area contributed by atoms with E-state index in [0.29, 0.717) is 10.8 Å². The van der Waals surface area contributed by atoms with E-state index in [1.165, 1.54) is 31.2 Å². The standard InChI is InChI=1S/C15H19NO2.C8H13NO2/c1-2-4-13(5-3-1)10-16-11-14(6-7-14)15(12-16)17-8-9-18-15;1-2-7(1)5-9-6-8(7)10-3-4-11-8/h1-5H,6-12H2;9H,1-6H2. The molecule has 158 valence electrons. The SMILES string of the molecule is C1COC2(CNCC23CC3)O1.c1ccc(CN2CC3(CC3)C3(C2)OCCO3)cc1. The fraction of sp³-hybridized carbons (Fsp3) is 0.739. The van der Waals surface area contributed by atoms with Crippen LogP contribution in [-0.4, -0.2) is 69.1 Å². The molecule has 6 aliphatic rings. The van der Waals surface area contributed by atoms with Crippen LogP contribution in [0.2, 0.25) is 0 Å². The van der Waals surface area contributed by atoms with Crippen LogP contribution in [0.3, 0.4) is 0 Å². The topological polar surface area (TPSA) is 52.2 Å². The van der Waals surface area contributed by atoms with E-state index in [4.69, 9.17) is 18.9 Å². The van der Waals surface area contributed by atoms with Crippen molar-refractivity contribution < 1.29 is 18.9 Å². The number of fused-ring (bicyclic) bond motifs is 2. The van der Waals surface area contributed by atoms with Crippen molar-refractivity contribution in [2.45, 2.75) is 43.8 Å². The first-order valence-electron chi connectivity index (χ1n) is 11.2. The molecule has 1 N–H and O–H groups in total. The first-order valence-corrected chi connectivity index (χ1v) is 11.2. The lowest BCUT2D eigenvalue weighted by Crippen LogP contribution is -2.40. The number of nitrogens with zero attached hydrogens (tertiary/aromatic N) is 1. The van der Waals surface area contributed by atoms with Gasteiger partial charge in [-0.1, -0.05) is 30.3 Å². The summed E-state index contributed by atoms with van der Waals surface area (Å²) in [5.74, 6) is -0.491. The maximum Gasteiger partial charge on any atom is 0.188 e. The zero-order valence-corrected chi connectivity index (χ0v) is 17.2. The molecule has 0 aromatic heterocycles. The Hall–Kier alpha value is -1.02. The summed E-state index contributed by atoms with van der Waals surface area (Å²) in [5.41, 5.74) is 2.05. The molecule has 4 aliphatic heterocycles. The molecule has 0 bridgehead atoms. The zero-order valence-electron chi connectivity index (χ0n) is 17.2. The molecule has 0 amide bonds. The normalized spacial score (nSPS) is 31.6. The molecule has 4 spiro atoms. The van der Waals surface area contributed by atoms with Crippen molar-refractivity contribution >= 4 is 0 Å². The average molecular weight is 401 g/mol. The summed E-state index contributed by atoms with van der Waals surface area (Å²) >= 11 is 0. The third-order valence-corrected chi connectivity index (χ3v) is 7.86. The molecular weight excluding hydrogens is 368 g/mol. The number of likely N-dealkylation sites (tertiary alicyclic amines) is 1. The van der Waals surface area contributed by atoms with E-state index in [-0.39, 0.29) is 11.6 Å². The van der Waals surface area contributed by atoms with Crippen molar-refractivity contribution in [3.05, 3.63) is 35.9 Å². The third-order valence-electron chi connectivity index (χ3n) is 7.86. The number of benzene rings is 1. The van der Waals surface area contributed by atoms with Gasteiger partial charge in [-0.15, -0.1) is 0 Å². The van der Waals surface area contributed by atoms with Gasteiger partial charge in [-0.05, 0) is 31.2 Å². The van der Waals surface area contributed by atoms with Crippen molar-refractivity contribution in [2.24, 2.45) is 10.8 Å². The molecule has 29 heavy (non-hydrogen) atoms. The summed E-state index contributed by atoms with van der Waals surface area (Å²) in [4.78, 5) is 2.49. The van der Waals surface area contributed by atoms with Crippen molar-refractivity contribution in [1.29, 1.82) is 0 Å². The van der Waals surface area contributed by atoms with E-state index in [1.54, 1.807) is 0 Å². The first-order chi connectivity index (χ1) is 14.2. The summed E-state index contributed by atoms with van der Waals surface area (Å²) in [7, 11) is 0. The minimum atomic E-state index is -0.276. The quantitative estimate of drug-likeness (QED) is 0.821. The second kappa shape index (κ2) is 6.74. The smallest absolute Gasteiger partial charge is 0.188 e. The van der Waals surface area contributed by atoms with Crippen LogP contribution in [0.4, 0.5) is 0 Å². The highest BCUT2D eigenvalue weighted by Crippen LogP contribution is 2.61. The highest BCUT2D eigenvalue weighted by atomic mass is 16.7. The van der Waals surface area contributed by atoms with Gasteiger partial charge in [0.1, 0.15) is 0 Å². The van der Waals surface area contributed by atoms with Crippen LogP contribution in [0.25, 0.3) is 0 Å². The molecule has 6 nitrogen and oxygen atoms in total. The number of nitrogens with one attached hydrogen (secondary N) is 1. The maximum absolute atomic E-state index is 5.98. The molecule has 4 saturated heterocycles. The van der Waals surface area contributed by atoms with E-state index in [1.807, 2.05) is 0 Å². The Labute approximate surface area is 172 Å². The van der Waals surface area contributed by atoms with Crippen LogP contribution in [0.1, 0.15) is 31.2 Å². The van der Waals surface area contributed by atoms with Gasteiger partial charge in [0.15, 0.2) is 11.6 Å². The highest BCUT2D eigenvalue weighted by Gasteiger charge is 2.68. The average Bonchev–Trinajstić information content (AvgIpc) is 3.46. The van der Waals surface area contributed by atoms with Gasteiger partial charge in [-0.3, -0.25) is 4.90 Å². The van der Waals surface area contributed by atoms with Crippen molar-refractivity contribution in [2.75, 3.05) is 52.6 Å². The van der Waals surface area contributed by atoms with Crippen LogP contribution >= 0.6 is 0 Å². The molecular formula is C23H32N2O4. The predicted octanol–water partition coefficient (Wildman–Crippen LogP) is 2.14. The van der Waals surface area contributed by atoms with Crippen LogP contribution in [-0.2, 0) is 25.5 Å². The fourth-order valence-electron chi connectivity index (χ4n) is 5.92. The van der Waals surface area contributed by atoms with E-state index < -0.39 is 0 Å². The van der Waals surface area contributed by atoms with Gasteiger partial charge in [0.25, 0.3) is 0 Å². The Bertz CT molecular complexity index is 729. The lowest BCUT2D eigenvalue weighted by Gasteiger charge is -2.28. The maximum atomic E-state index is 5.98. The summed E-state index contributed by atoms with van der Waals surface area (Å²) in [5, 5.41) is 3.36. The van der Waals surface area contributed by atoms with E-state index in [0.717, 1.165) is 59.2 Å². The molecule has 0 atom stereocenters. The second-order valence-corrected chi connectivity index (χ2v) is 9.69. The molecule has 1 aromatic rings. The predicted molar refractivity (Wildman–Crippen MR) is 107 cm³/mol. The Morgan fingerprint density at radius 1 is 0.724 bits per heavy atom. The Morgan fingerprint density at radius 2 is 1.34 bits per heavy atom. The van der Waals surface area contributed by atoms with Gasteiger partial charge < -0.3 is 24.3 Å². The van der Waals surface area contributed by atoms with Crippen LogP contribution < -0.4 is 5.32 Å². The molecule has 7 rings (SSSR count). The third kappa shape index (κ3) is 2.99. The van der Waals surface area contributed by atoms with Crippen molar-refractivity contribution in [3.63, 3.8) is 0 Å². The van der Waals surface area contributed by atoms with E-state index in [9.17, 15) is 0 Å². The monoisotopic (exact) mass is 400 g/mol. The Kier molecular flexibility index (Phi) is 4.35. The number of ether oxygens (including phenoxy) is 4. The lowest BCUT2D eigenvalue weighted by molar-refractivity contribution is -0.182. The van der Waals surface area contributed by atoms with Crippen molar-refractivity contribution in [3.8, 4) is 0 Å². The highest BCUT2D eigenvalue weighted by molar-refractivity contribution is 5.18. The summed E-state index contributed by atoms with van der Waals surface area (Å²) in [6.45, 7) is 8.15. The fourth-order valence-corrected chi connectivity index (χ4v) is 5.92. The molecule has 4 heterocycles. The van der Waals surface area contributed by atoms with Gasteiger partial charge in [-0.2, -0.15) is 0 Å². The zero-order chi connectivity index (χ0) is 19.4. The van der Waals surface area contributed by atoms with Gasteiger partial charge in [0, 0.05) is 30.5 Å². The van der Waals surface area contributed by atoms with Gasteiger partial charge in [-0.25, -0.2) is 0 Å². The molecule has 0 unspecified atom stereocenters. The van der Waals surface area contributed by atoms with E-state index >= 15 is 0 Å². The summed E-state index contributed by atoms with van der Waals surface area (Å²) in [6, 6.07) is 10.7. The molecule has 6 fully saturated rings. The second-order valence-electron chi connectivity index (χ2n) is 9.69. The Morgan fingerprint density at radius 3 is 1.97 bits per heavy atom. The largest absolute Gasteiger partial charge is 0.346 e. The number of hydrogen-bond donors (Lipinski definition) is 1. The first kappa shape index (κ1) is 18.7. The van der Waals surface area contributed by atoms with Crippen LogP contribution in [0.15, 0.2) is 30.3 Å². The lowest BCUT2D eigenvalue weighted by atomic mass is 10.00. The molecule has 2 aliphatic carbocycles. The van der Waals surface area contributed by atoms with Crippen LogP contribution in [0, 0.1) is 10.8 Å². The molecule has 1 aromatic carbocycles. The molecule has 6 heteroatoms.